The van der Waals surface area contributed by atoms with Gasteiger partial charge in [-0.2, -0.15) is 0 Å². The normalized spacial score (nSPS) is 14.3. The molecule has 1 unspecified atom stereocenters. The molecule has 80 valence electrons. The molecule has 4 nitrogen and oxygen atoms in total. The Balaban J connectivity index is 2.39. The maximum Gasteiger partial charge on any atom is 0.0669 e. The highest BCUT2D eigenvalue weighted by atomic mass is 32.1. The minimum absolute atomic E-state index is 0.0319. The van der Waals surface area contributed by atoms with E-state index < -0.39 is 0 Å². The molecule has 0 amide bonds. The first-order chi connectivity index (χ1) is 6.55. The van der Waals surface area contributed by atoms with Crippen molar-refractivity contribution in [3.63, 3.8) is 0 Å². The van der Waals surface area contributed by atoms with Gasteiger partial charge >= 0.3 is 0 Å². The van der Waals surface area contributed by atoms with Gasteiger partial charge in [-0.3, -0.25) is 0 Å². The largest absolute Gasteiger partial charge is 0.379 e. The molecule has 0 bridgehead atoms. The summed E-state index contributed by atoms with van der Waals surface area (Å²) < 4.78 is 9.11. The zero-order chi connectivity index (χ0) is 10.6. The molecule has 1 heterocycles. The number of hydrogen-bond donors (Lipinski definition) is 1. The number of nitrogens with two attached hydrogens (primary N) is 1. The molecule has 0 aliphatic carbocycles. The van der Waals surface area contributed by atoms with E-state index >= 15 is 0 Å². The summed E-state index contributed by atoms with van der Waals surface area (Å²) >= 11 is 1.36. The van der Waals surface area contributed by atoms with Crippen LogP contribution in [0.2, 0.25) is 0 Å². The van der Waals surface area contributed by atoms with E-state index in [-0.39, 0.29) is 11.6 Å². The Morgan fingerprint density at radius 1 is 1.64 bits per heavy atom. The van der Waals surface area contributed by atoms with Crippen molar-refractivity contribution in [2.24, 2.45) is 5.73 Å². The highest BCUT2D eigenvalue weighted by Crippen LogP contribution is 2.23. The summed E-state index contributed by atoms with van der Waals surface area (Å²) in [6, 6.07) is 0.0319. The molecule has 1 atom stereocenters. The van der Waals surface area contributed by atoms with Gasteiger partial charge in [-0.05, 0) is 38.2 Å². The molecule has 0 aliphatic heterocycles. The van der Waals surface area contributed by atoms with Crippen LogP contribution in [0.3, 0.4) is 0 Å². The molecule has 2 N–H and O–H groups in total. The second-order valence-corrected chi connectivity index (χ2v) is 4.75. The average molecular weight is 215 g/mol. The van der Waals surface area contributed by atoms with E-state index in [1.54, 1.807) is 13.3 Å². The van der Waals surface area contributed by atoms with Crippen molar-refractivity contribution in [2.45, 2.75) is 38.3 Å². The van der Waals surface area contributed by atoms with E-state index in [2.05, 4.69) is 23.4 Å². The molecule has 0 aromatic carbocycles. The Kier molecular flexibility index (Phi) is 3.97. The Morgan fingerprint density at radius 2 is 2.36 bits per heavy atom. The standard InChI is InChI=1S/C9H17N3OS/c1-9(2,13-3)5-4-7(10)8-6-11-12-14-8/h6-7H,4-5,10H2,1-3H3. The summed E-state index contributed by atoms with van der Waals surface area (Å²) in [5.74, 6) is 0. The van der Waals surface area contributed by atoms with Gasteiger partial charge in [0.1, 0.15) is 0 Å². The second kappa shape index (κ2) is 4.82. The number of nitrogens with zero attached hydrogens (tertiary/aromatic N) is 2. The monoisotopic (exact) mass is 215 g/mol. The Bertz CT molecular complexity index is 261. The van der Waals surface area contributed by atoms with Gasteiger partial charge in [-0.25, -0.2) is 0 Å². The molecule has 0 aliphatic rings. The number of methoxy groups -OCH3 is 1. The van der Waals surface area contributed by atoms with Crippen LogP contribution in [0.15, 0.2) is 6.20 Å². The summed E-state index contributed by atoms with van der Waals surface area (Å²) in [5.41, 5.74) is 5.87. The summed E-state index contributed by atoms with van der Waals surface area (Å²) in [4.78, 5) is 1.04. The fourth-order valence-electron chi connectivity index (χ4n) is 1.09. The third-order valence-electron chi connectivity index (χ3n) is 2.35. The van der Waals surface area contributed by atoms with Crippen molar-refractivity contribution in [3.8, 4) is 0 Å². The predicted molar refractivity (Wildman–Crippen MR) is 57.2 cm³/mol. The van der Waals surface area contributed by atoms with Crippen molar-refractivity contribution in [1.82, 2.24) is 9.59 Å². The zero-order valence-corrected chi connectivity index (χ0v) is 9.67. The third-order valence-corrected chi connectivity index (χ3v) is 3.15. The van der Waals surface area contributed by atoms with Gasteiger partial charge in [-0.1, -0.05) is 4.49 Å². The van der Waals surface area contributed by atoms with Crippen molar-refractivity contribution in [2.75, 3.05) is 7.11 Å². The Labute approximate surface area is 88.6 Å². The first-order valence-corrected chi connectivity index (χ1v) is 5.40. The Morgan fingerprint density at radius 3 is 2.86 bits per heavy atom. The van der Waals surface area contributed by atoms with E-state index in [1.165, 1.54) is 11.5 Å². The first kappa shape index (κ1) is 11.6. The van der Waals surface area contributed by atoms with Crippen LogP contribution in [0, 0.1) is 0 Å². The number of ether oxygens (including phenoxy) is 1. The van der Waals surface area contributed by atoms with E-state index in [1.807, 2.05) is 0 Å². The molecule has 1 aromatic rings. The minimum Gasteiger partial charge on any atom is -0.379 e. The summed E-state index contributed by atoms with van der Waals surface area (Å²) in [5, 5.41) is 3.77. The maximum absolute atomic E-state index is 5.98. The Hall–Kier alpha value is -0.520. The van der Waals surface area contributed by atoms with E-state index in [0.29, 0.717) is 0 Å². The number of hydrogen-bond acceptors (Lipinski definition) is 5. The smallest absolute Gasteiger partial charge is 0.0669 e. The lowest BCUT2D eigenvalue weighted by molar-refractivity contribution is 0.0125. The third kappa shape index (κ3) is 3.32. The van der Waals surface area contributed by atoms with Crippen LogP contribution >= 0.6 is 11.5 Å². The van der Waals surface area contributed by atoms with Crippen LogP contribution < -0.4 is 5.73 Å². The van der Waals surface area contributed by atoms with E-state index in [9.17, 15) is 0 Å². The van der Waals surface area contributed by atoms with Crippen LogP contribution in [0.5, 0.6) is 0 Å². The van der Waals surface area contributed by atoms with Crippen molar-refractivity contribution in [1.29, 1.82) is 0 Å². The highest BCUT2D eigenvalue weighted by Gasteiger charge is 2.19. The molecular formula is C9H17N3OS. The highest BCUT2D eigenvalue weighted by molar-refractivity contribution is 7.05. The second-order valence-electron chi connectivity index (χ2n) is 3.93. The summed E-state index contributed by atoms with van der Waals surface area (Å²) in [6.07, 6.45) is 3.56. The van der Waals surface area contributed by atoms with E-state index in [4.69, 9.17) is 10.5 Å². The van der Waals surface area contributed by atoms with Gasteiger partial charge in [-0.15, -0.1) is 5.10 Å². The van der Waals surface area contributed by atoms with Crippen LogP contribution in [0.25, 0.3) is 0 Å². The number of rotatable bonds is 5. The maximum atomic E-state index is 5.98. The van der Waals surface area contributed by atoms with Gasteiger partial charge in [0.2, 0.25) is 0 Å². The zero-order valence-electron chi connectivity index (χ0n) is 8.86. The molecule has 0 saturated heterocycles. The number of aromatic nitrogens is 2. The SMILES string of the molecule is COC(C)(C)CCC(N)c1cnns1. The van der Waals surface area contributed by atoms with Crippen LogP contribution in [-0.4, -0.2) is 22.3 Å². The molecule has 14 heavy (non-hydrogen) atoms. The summed E-state index contributed by atoms with van der Waals surface area (Å²) in [6.45, 7) is 4.12. The molecule has 0 fully saturated rings. The quantitative estimate of drug-likeness (QED) is 0.812. The predicted octanol–water partition coefficient (Wildman–Crippen LogP) is 1.74. The van der Waals surface area contributed by atoms with Gasteiger partial charge in [0.25, 0.3) is 0 Å². The van der Waals surface area contributed by atoms with Crippen LogP contribution in [-0.2, 0) is 4.74 Å². The minimum atomic E-state index is -0.101. The van der Waals surface area contributed by atoms with Gasteiger partial charge in [0.15, 0.2) is 0 Å². The fourth-order valence-corrected chi connectivity index (χ4v) is 1.62. The average Bonchev–Trinajstić information content (AvgIpc) is 2.67. The molecule has 0 saturated carbocycles. The molecular weight excluding hydrogens is 198 g/mol. The van der Waals surface area contributed by atoms with Gasteiger partial charge < -0.3 is 10.5 Å². The molecule has 0 radical (unpaired) electrons. The molecule has 1 aromatic heterocycles. The fraction of sp³-hybridized carbons (Fsp3) is 0.778. The topological polar surface area (TPSA) is 61.0 Å². The lowest BCUT2D eigenvalue weighted by Crippen LogP contribution is -2.24. The van der Waals surface area contributed by atoms with Crippen molar-refractivity contribution >= 4 is 11.5 Å². The molecule has 0 spiro atoms. The lowest BCUT2D eigenvalue weighted by atomic mass is 9.99. The summed E-state index contributed by atoms with van der Waals surface area (Å²) in [7, 11) is 1.72. The van der Waals surface area contributed by atoms with Crippen molar-refractivity contribution < 1.29 is 4.74 Å². The van der Waals surface area contributed by atoms with E-state index in [0.717, 1.165) is 17.7 Å². The van der Waals surface area contributed by atoms with Gasteiger partial charge in [0.05, 0.1) is 16.7 Å². The lowest BCUT2D eigenvalue weighted by Gasteiger charge is -2.23. The van der Waals surface area contributed by atoms with Gasteiger partial charge in [0, 0.05) is 13.2 Å². The van der Waals surface area contributed by atoms with Crippen LogP contribution in [0.4, 0.5) is 0 Å². The van der Waals surface area contributed by atoms with Crippen molar-refractivity contribution in [3.05, 3.63) is 11.1 Å². The molecule has 1 rings (SSSR count). The van der Waals surface area contributed by atoms with Crippen LogP contribution in [0.1, 0.15) is 37.6 Å². The molecule has 5 heteroatoms. The first-order valence-electron chi connectivity index (χ1n) is 4.63.